The zero-order chi connectivity index (χ0) is 11.4. The minimum Gasteiger partial charge on any atom is -0.350 e. The van der Waals surface area contributed by atoms with Gasteiger partial charge in [0.1, 0.15) is 5.01 Å². The van der Waals surface area contributed by atoms with Gasteiger partial charge in [0.15, 0.2) is 0 Å². The average Bonchev–Trinajstić information content (AvgIpc) is 2.87. The number of hydrogen-bond acceptors (Lipinski definition) is 4. The van der Waals surface area contributed by atoms with Crippen molar-refractivity contribution < 1.29 is 4.79 Å². The van der Waals surface area contributed by atoms with Crippen LogP contribution in [-0.2, 0) is 11.3 Å². The predicted octanol–water partition coefficient (Wildman–Crippen LogP) is 2.05. The summed E-state index contributed by atoms with van der Waals surface area (Å²) >= 11 is 1.59. The molecule has 1 aliphatic heterocycles. The fraction of sp³-hybridized carbons (Fsp3) is 0.636. The number of nitrogens with zero attached hydrogens (tertiary/aromatic N) is 1. The number of thiazole rings is 1. The third kappa shape index (κ3) is 5.52. The maximum atomic E-state index is 11.6. The van der Waals surface area contributed by atoms with Gasteiger partial charge >= 0.3 is 0 Å². The summed E-state index contributed by atoms with van der Waals surface area (Å²) in [5.74, 6) is 0.118. The van der Waals surface area contributed by atoms with Crippen molar-refractivity contribution in [2.45, 2.75) is 38.8 Å². The lowest BCUT2D eigenvalue weighted by atomic mass is 10.1. The summed E-state index contributed by atoms with van der Waals surface area (Å²) in [6.07, 6.45) is 2.89. The lowest BCUT2D eigenvalue weighted by Gasteiger charge is -2.09. The van der Waals surface area contributed by atoms with Gasteiger partial charge in [-0.3, -0.25) is 4.79 Å². The standard InChI is InChI=1S/C11H17N3OS.2ClH/c1-8-7-16-11(14-8)6-13-10(15)5-9-3-2-4-12-9;;/h7,9,12H,2-6H2,1H3,(H,13,15);2*1H. The van der Waals surface area contributed by atoms with Gasteiger partial charge in [0.25, 0.3) is 0 Å². The highest BCUT2D eigenvalue weighted by Crippen LogP contribution is 2.10. The number of halogens is 2. The number of hydrogen-bond donors (Lipinski definition) is 2. The Kier molecular flexibility index (Phi) is 8.52. The second-order valence-corrected chi connectivity index (χ2v) is 5.10. The van der Waals surface area contributed by atoms with Crippen molar-refractivity contribution in [2.75, 3.05) is 6.54 Å². The smallest absolute Gasteiger partial charge is 0.221 e. The summed E-state index contributed by atoms with van der Waals surface area (Å²) in [5, 5.41) is 9.20. The number of amides is 1. The van der Waals surface area contributed by atoms with Crippen molar-refractivity contribution >= 4 is 42.1 Å². The lowest BCUT2D eigenvalue weighted by Crippen LogP contribution is -2.31. The molecule has 1 aromatic rings. The minimum atomic E-state index is 0. The molecular formula is C11H19Cl2N3OS. The summed E-state index contributed by atoms with van der Waals surface area (Å²) in [6.45, 7) is 3.57. The summed E-state index contributed by atoms with van der Waals surface area (Å²) < 4.78 is 0. The minimum absolute atomic E-state index is 0. The maximum absolute atomic E-state index is 11.6. The Morgan fingerprint density at radius 1 is 1.61 bits per heavy atom. The normalized spacial score (nSPS) is 17.7. The fourth-order valence-electron chi connectivity index (χ4n) is 1.88. The maximum Gasteiger partial charge on any atom is 0.221 e. The van der Waals surface area contributed by atoms with Gasteiger partial charge in [-0.1, -0.05) is 0 Å². The molecule has 1 aromatic heterocycles. The summed E-state index contributed by atoms with van der Waals surface area (Å²) in [5.41, 5.74) is 1.02. The van der Waals surface area contributed by atoms with Crippen LogP contribution in [0.15, 0.2) is 5.38 Å². The third-order valence-corrected chi connectivity index (χ3v) is 3.66. The van der Waals surface area contributed by atoms with Crippen LogP contribution in [0.4, 0.5) is 0 Å². The monoisotopic (exact) mass is 311 g/mol. The number of aryl methyl sites for hydroxylation is 1. The zero-order valence-electron chi connectivity index (χ0n) is 10.3. The molecule has 0 bridgehead atoms. The van der Waals surface area contributed by atoms with Crippen molar-refractivity contribution in [3.63, 3.8) is 0 Å². The highest BCUT2D eigenvalue weighted by molar-refractivity contribution is 7.09. The largest absolute Gasteiger partial charge is 0.350 e. The molecule has 0 saturated carbocycles. The number of carbonyl (C=O) groups excluding carboxylic acids is 1. The number of aromatic nitrogens is 1. The van der Waals surface area contributed by atoms with Gasteiger partial charge in [-0.15, -0.1) is 36.2 Å². The SMILES string of the molecule is Cc1csc(CNC(=O)CC2CCCN2)n1.Cl.Cl. The summed E-state index contributed by atoms with van der Waals surface area (Å²) in [6, 6.07) is 0.373. The van der Waals surface area contributed by atoms with Crippen LogP contribution in [0.2, 0.25) is 0 Å². The Morgan fingerprint density at radius 2 is 2.39 bits per heavy atom. The van der Waals surface area contributed by atoms with E-state index >= 15 is 0 Å². The fourth-order valence-corrected chi connectivity index (χ4v) is 2.60. The van der Waals surface area contributed by atoms with Crippen molar-refractivity contribution in [1.29, 1.82) is 0 Å². The van der Waals surface area contributed by atoms with Gasteiger partial charge in [0, 0.05) is 23.5 Å². The van der Waals surface area contributed by atoms with Crippen LogP contribution in [0.1, 0.15) is 30.0 Å². The molecular weight excluding hydrogens is 293 g/mol. The van der Waals surface area contributed by atoms with Crippen molar-refractivity contribution in [1.82, 2.24) is 15.6 Å². The molecule has 1 saturated heterocycles. The van der Waals surface area contributed by atoms with E-state index in [-0.39, 0.29) is 30.7 Å². The van der Waals surface area contributed by atoms with Crippen LogP contribution in [0.3, 0.4) is 0 Å². The van der Waals surface area contributed by atoms with Crippen LogP contribution in [0.25, 0.3) is 0 Å². The van der Waals surface area contributed by atoms with Gasteiger partial charge in [-0.05, 0) is 26.3 Å². The molecule has 1 atom stereocenters. The van der Waals surface area contributed by atoms with Crippen LogP contribution in [0.5, 0.6) is 0 Å². The molecule has 2 N–H and O–H groups in total. The molecule has 1 fully saturated rings. The molecule has 18 heavy (non-hydrogen) atoms. The van der Waals surface area contributed by atoms with Gasteiger partial charge < -0.3 is 10.6 Å². The molecule has 0 aromatic carbocycles. The summed E-state index contributed by atoms with van der Waals surface area (Å²) in [4.78, 5) is 15.9. The van der Waals surface area contributed by atoms with E-state index in [9.17, 15) is 4.79 Å². The predicted molar refractivity (Wildman–Crippen MR) is 78.8 cm³/mol. The second kappa shape index (κ2) is 8.69. The molecule has 104 valence electrons. The third-order valence-electron chi connectivity index (χ3n) is 2.70. The van der Waals surface area contributed by atoms with Crippen LogP contribution in [0, 0.1) is 6.92 Å². The molecule has 2 rings (SSSR count). The average molecular weight is 312 g/mol. The van der Waals surface area contributed by atoms with Crippen molar-refractivity contribution in [3.05, 3.63) is 16.1 Å². The van der Waals surface area contributed by atoms with E-state index in [1.165, 1.54) is 6.42 Å². The first-order valence-corrected chi connectivity index (χ1v) is 6.53. The van der Waals surface area contributed by atoms with E-state index < -0.39 is 0 Å². The van der Waals surface area contributed by atoms with Gasteiger partial charge in [0.05, 0.1) is 6.54 Å². The van der Waals surface area contributed by atoms with Gasteiger partial charge in [-0.2, -0.15) is 0 Å². The number of nitrogens with one attached hydrogen (secondary N) is 2. The van der Waals surface area contributed by atoms with Gasteiger partial charge in [0.2, 0.25) is 5.91 Å². The topological polar surface area (TPSA) is 54.0 Å². The van der Waals surface area contributed by atoms with E-state index in [0.717, 1.165) is 23.7 Å². The molecule has 0 spiro atoms. The van der Waals surface area contributed by atoms with Crippen LogP contribution in [-0.4, -0.2) is 23.5 Å². The first-order valence-electron chi connectivity index (χ1n) is 5.65. The number of carbonyl (C=O) groups is 1. The Hall–Kier alpha value is -0.360. The van der Waals surface area contributed by atoms with E-state index in [0.29, 0.717) is 19.0 Å². The van der Waals surface area contributed by atoms with Crippen LogP contribution >= 0.6 is 36.2 Å². The highest BCUT2D eigenvalue weighted by atomic mass is 35.5. The van der Waals surface area contributed by atoms with E-state index in [4.69, 9.17) is 0 Å². The Labute approximate surface area is 124 Å². The first kappa shape index (κ1) is 17.6. The molecule has 2 heterocycles. The lowest BCUT2D eigenvalue weighted by molar-refractivity contribution is -0.121. The van der Waals surface area contributed by atoms with Crippen LogP contribution < -0.4 is 10.6 Å². The van der Waals surface area contributed by atoms with Gasteiger partial charge in [-0.25, -0.2) is 4.98 Å². The zero-order valence-corrected chi connectivity index (χ0v) is 12.7. The summed E-state index contributed by atoms with van der Waals surface area (Å²) in [7, 11) is 0. The number of rotatable bonds is 4. The van der Waals surface area contributed by atoms with E-state index in [2.05, 4.69) is 15.6 Å². The van der Waals surface area contributed by atoms with E-state index in [1.807, 2.05) is 12.3 Å². The molecule has 4 nitrogen and oxygen atoms in total. The molecule has 0 radical (unpaired) electrons. The Morgan fingerprint density at radius 3 is 2.94 bits per heavy atom. The molecule has 1 aliphatic rings. The molecule has 7 heteroatoms. The molecule has 1 amide bonds. The first-order chi connectivity index (χ1) is 7.74. The highest BCUT2D eigenvalue weighted by Gasteiger charge is 2.17. The quantitative estimate of drug-likeness (QED) is 0.895. The molecule has 0 aliphatic carbocycles. The second-order valence-electron chi connectivity index (χ2n) is 4.16. The Bertz CT molecular complexity index is 367. The van der Waals surface area contributed by atoms with E-state index in [1.54, 1.807) is 11.3 Å². The van der Waals surface area contributed by atoms with Crippen molar-refractivity contribution in [2.24, 2.45) is 0 Å². The van der Waals surface area contributed by atoms with Crippen molar-refractivity contribution in [3.8, 4) is 0 Å². The Balaban J connectivity index is 0.00000144. The molecule has 1 unspecified atom stereocenters.